The molecular weight excluding hydrogens is 546 g/mol. The first kappa shape index (κ1) is 28.8. The van der Waals surface area contributed by atoms with Gasteiger partial charge in [0.1, 0.15) is 0 Å². The van der Waals surface area contributed by atoms with E-state index in [1.807, 2.05) is 43.3 Å². The molecule has 0 heterocycles. The van der Waals surface area contributed by atoms with Crippen LogP contribution in [0.25, 0.3) is 43.1 Å². The normalized spacial score (nSPS) is 22.6. The first-order chi connectivity index (χ1) is 21.2. The largest absolute Gasteiger partial charge is 0.545 e. The molecule has 0 aliphatic heterocycles. The second-order valence-corrected chi connectivity index (χ2v) is 13.9. The minimum absolute atomic E-state index is 0.000251. The van der Waals surface area contributed by atoms with Crippen LogP contribution >= 0.6 is 0 Å². The molecule has 5 aromatic carbocycles. The number of benzene rings is 5. The van der Waals surface area contributed by atoms with Crippen molar-refractivity contribution >= 4 is 60.7 Å². The third-order valence-electron chi connectivity index (χ3n) is 10.8. The van der Waals surface area contributed by atoms with Crippen LogP contribution in [-0.2, 0) is 0 Å². The van der Waals surface area contributed by atoms with Gasteiger partial charge in [0.05, 0.1) is 5.97 Å². The number of carboxylic acid groups (broad SMARTS) is 1. The summed E-state index contributed by atoms with van der Waals surface area (Å²) in [6.07, 6.45) is 9.03. The van der Waals surface area contributed by atoms with E-state index in [-0.39, 0.29) is 23.3 Å². The van der Waals surface area contributed by atoms with Crippen LogP contribution in [0.4, 0.5) is 0 Å². The van der Waals surface area contributed by atoms with E-state index in [9.17, 15) is 19.5 Å². The summed E-state index contributed by atoms with van der Waals surface area (Å²) in [7, 11) is 0. The summed E-state index contributed by atoms with van der Waals surface area (Å²) in [5.41, 5.74) is 2.21. The minimum Gasteiger partial charge on any atom is -0.545 e. The summed E-state index contributed by atoms with van der Waals surface area (Å²) < 4.78 is 0. The van der Waals surface area contributed by atoms with Gasteiger partial charge in [0.15, 0.2) is 5.78 Å². The van der Waals surface area contributed by atoms with Crippen LogP contribution in [0.5, 0.6) is 0 Å². The van der Waals surface area contributed by atoms with Gasteiger partial charge < -0.3 is 15.2 Å². The summed E-state index contributed by atoms with van der Waals surface area (Å²) in [6.45, 7) is 6.58. The van der Waals surface area contributed by atoms with Crippen molar-refractivity contribution in [1.29, 1.82) is 0 Å². The molecule has 5 aromatic rings. The maximum atomic E-state index is 13.8. The van der Waals surface area contributed by atoms with Gasteiger partial charge in [0, 0.05) is 34.5 Å². The quantitative estimate of drug-likeness (QED) is 0.124. The molecule has 226 valence electrons. The van der Waals surface area contributed by atoms with Crippen molar-refractivity contribution in [2.75, 3.05) is 0 Å². The smallest absolute Gasteiger partial charge is 0.252 e. The van der Waals surface area contributed by atoms with Crippen LogP contribution in [0.15, 0.2) is 48.5 Å². The molecule has 0 bridgehead atoms. The summed E-state index contributed by atoms with van der Waals surface area (Å²) in [6, 6.07) is 15.4. The molecule has 5 heteroatoms. The fraction of sp³-hybridized carbons (Fsp3) is 0.410. The van der Waals surface area contributed by atoms with E-state index in [2.05, 4.69) is 25.2 Å². The number of carboxylic acids is 1. The molecule has 0 aromatic heterocycles. The number of Topliss-reactive ketones (excluding diaryl/α,β-unsaturated/α-hetero) is 1. The van der Waals surface area contributed by atoms with Gasteiger partial charge in [0.2, 0.25) is 0 Å². The van der Waals surface area contributed by atoms with Gasteiger partial charge in [-0.15, -0.1) is 0 Å². The number of nitrogens with one attached hydrogen (secondary N) is 1. The second-order valence-electron chi connectivity index (χ2n) is 13.9. The zero-order valence-corrected chi connectivity index (χ0v) is 25.9. The Morgan fingerprint density at radius 2 is 1.14 bits per heavy atom. The third kappa shape index (κ3) is 4.81. The van der Waals surface area contributed by atoms with Crippen LogP contribution in [0.2, 0.25) is 0 Å². The van der Waals surface area contributed by atoms with E-state index in [4.69, 9.17) is 0 Å². The van der Waals surface area contributed by atoms with Crippen LogP contribution < -0.4 is 10.4 Å². The van der Waals surface area contributed by atoms with Gasteiger partial charge >= 0.3 is 0 Å². The summed E-state index contributed by atoms with van der Waals surface area (Å²) >= 11 is 0. The average Bonchev–Trinajstić information content (AvgIpc) is 3.02. The Labute approximate surface area is 258 Å². The lowest BCUT2D eigenvalue weighted by molar-refractivity contribution is -0.254. The Hall–Kier alpha value is -3.99. The molecule has 1 amide bonds. The molecule has 0 radical (unpaired) electrons. The lowest BCUT2D eigenvalue weighted by Crippen LogP contribution is -2.37. The van der Waals surface area contributed by atoms with Gasteiger partial charge in [-0.1, -0.05) is 69.2 Å². The maximum Gasteiger partial charge on any atom is 0.252 e. The molecule has 1 N–H and O–H groups in total. The molecule has 0 spiro atoms. The van der Waals surface area contributed by atoms with Crippen molar-refractivity contribution in [1.82, 2.24) is 5.32 Å². The molecule has 2 aliphatic rings. The Balaban J connectivity index is 1.40. The number of carbonyl (C=O) groups excluding carboxylic acids is 3. The average molecular weight is 587 g/mol. The van der Waals surface area contributed by atoms with E-state index < -0.39 is 5.97 Å². The second kappa shape index (κ2) is 11.2. The Morgan fingerprint density at radius 1 is 0.636 bits per heavy atom. The predicted molar refractivity (Wildman–Crippen MR) is 176 cm³/mol. The van der Waals surface area contributed by atoms with Crippen molar-refractivity contribution in [3.05, 3.63) is 70.8 Å². The molecule has 2 saturated carbocycles. The number of amides is 1. The van der Waals surface area contributed by atoms with Crippen molar-refractivity contribution in [3.63, 3.8) is 0 Å². The maximum absolute atomic E-state index is 13.8. The number of hydrogen-bond acceptors (Lipinski definition) is 4. The predicted octanol–water partition coefficient (Wildman–Crippen LogP) is 8.12. The van der Waals surface area contributed by atoms with Crippen molar-refractivity contribution in [3.8, 4) is 0 Å². The first-order valence-electron chi connectivity index (χ1n) is 16.4. The lowest BCUT2D eigenvalue weighted by Gasteiger charge is -2.27. The zero-order chi connectivity index (χ0) is 30.7. The summed E-state index contributed by atoms with van der Waals surface area (Å²) in [4.78, 5) is 40.0. The molecule has 0 unspecified atom stereocenters. The number of carbonyl (C=O) groups is 3. The van der Waals surface area contributed by atoms with E-state index in [0.29, 0.717) is 40.7 Å². The lowest BCUT2D eigenvalue weighted by atomic mass is 9.79. The number of aryl methyl sites for hydroxylation is 1. The Morgan fingerprint density at radius 3 is 1.73 bits per heavy atom. The van der Waals surface area contributed by atoms with E-state index in [0.717, 1.165) is 94.6 Å². The number of ketones is 1. The van der Waals surface area contributed by atoms with Crippen LogP contribution in [0.1, 0.15) is 108 Å². The van der Waals surface area contributed by atoms with Crippen LogP contribution in [-0.4, -0.2) is 23.7 Å². The highest BCUT2D eigenvalue weighted by atomic mass is 16.4. The van der Waals surface area contributed by atoms with E-state index >= 15 is 0 Å². The van der Waals surface area contributed by atoms with Gasteiger partial charge in [-0.3, -0.25) is 9.59 Å². The van der Waals surface area contributed by atoms with Gasteiger partial charge in [-0.25, -0.2) is 0 Å². The van der Waals surface area contributed by atoms with Gasteiger partial charge in [0.25, 0.3) is 5.91 Å². The SMILES string of the molecule is Cc1ccc2c3ccc(C(=O)CC4CCC(C)CC4)c4c(C(=O)[O-])ccc(c5ccc(C(=O)NC6CCC(C)CC6)c1c52)c43. The van der Waals surface area contributed by atoms with Crippen molar-refractivity contribution < 1.29 is 19.5 Å². The number of aromatic carboxylic acids is 1. The first-order valence-corrected chi connectivity index (χ1v) is 16.4. The summed E-state index contributed by atoms with van der Waals surface area (Å²) in [5, 5.41) is 22.6. The Kier molecular flexibility index (Phi) is 7.31. The molecule has 7 rings (SSSR count). The highest BCUT2D eigenvalue weighted by Gasteiger charge is 2.26. The highest BCUT2D eigenvalue weighted by Crippen LogP contribution is 2.44. The molecule has 0 saturated heterocycles. The van der Waals surface area contributed by atoms with Gasteiger partial charge in [-0.2, -0.15) is 0 Å². The van der Waals surface area contributed by atoms with Gasteiger partial charge in [-0.05, 0) is 113 Å². The topological polar surface area (TPSA) is 86.3 Å². The number of fused-ring (bicyclic) bond motifs is 2. The minimum atomic E-state index is -1.28. The standard InChI is InChI=1S/C39H41NO4/c1-21-4-9-24(10-5-21)20-33(41)30-17-14-28-26-13-8-23(3)34-31(38(42)40-25-11-6-22(2)7-12-25)18-15-27(35(26)34)29-16-19-32(39(43)44)37(30)36(28)29/h8,13-19,21-22,24-25H,4-7,9-12,20H2,1-3H3,(H,40,42)(H,43,44)/p-1. The van der Waals surface area contributed by atoms with Crippen molar-refractivity contribution in [2.24, 2.45) is 17.8 Å². The Bertz CT molecular complexity index is 1920. The molecule has 0 atom stereocenters. The molecule has 44 heavy (non-hydrogen) atoms. The molecule has 2 aliphatic carbocycles. The molecule has 5 nitrogen and oxygen atoms in total. The van der Waals surface area contributed by atoms with Crippen LogP contribution in [0, 0.1) is 24.7 Å². The number of rotatable bonds is 6. The molecule has 2 fully saturated rings. The fourth-order valence-corrected chi connectivity index (χ4v) is 8.22. The van der Waals surface area contributed by atoms with Crippen LogP contribution in [0.3, 0.4) is 0 Å². The molecular formula is C39H40NO4-. The number of hydrogen-bond donors (Lipinski definition) is 1. The van der Waals surface area contributed by atoms with E-state index in [1.54, 1.807) is 6.07 Å². The fourth-order valence-electron chi connectivity index (χ4n) is 8.22. The highest BCUT2D eigenvalue weighted by molar-refractivity contribution is 6.37. The van der Waals surface area contributed by atoms with E-state index in [1.165, 1.54) is 0 Å². The third-order valence-corrected chi connectivity index (χ3v) is 10.8. The van der Waals surface area contributed by atoms with Crippen molar-refractivity contribution in [2.45, 2.75) is 84.6 Å². The summed E-state index contributed by atoms with van der Waals surface area (Å²) in [5.74, 6) is 0.407. The monoisotopic (exact) mass is 586 g/mol. The zero-order valence-electron chi connectivity index (χ0n) is 25.9.